The van der Waals surface area contributed by atoms with Crippen LogP contribution >= 0.6 is 0 Å². The number of carbonyl (C=O) groups is 1. The number of aromatic nitrogens is 2. The predicted molar refractivity (Wildman–Crippen MR) is 102 cm³/mol. The van der Waals surface area contributed by atoms with Crippen molar-refractivity contribution >= 4 is 17.4 Å². The Labute approximate surface area is 154 Å². The van der Waals surface area contributed by atoms with Crippen molar-refractivity contribution in [2.24, 2.45) is 0 Å². The Morgan fingerprint density at radius 2 is 2.04 bits per heavy atom. The molecule has 1 fully saturated rings. The van der Waals surface area contributed by atoms with Gasteiger partial charge in [-0.1, -0.05) is 6.92 Å². The van der Waals surface area contributed by atoms with Crippen LogP contribution in [0.1, 0.15) is 50.0 Å². The van der Waals surface area contributed by atoms with Gasteiger partial charge in [0.2, 0.25) is 0 Å². The Morgan fingerprint density at radius 3 is 2.77 bits per heavy atom. The first kappa shape index (κ1) is 18.2. The second-order valence-corrected chi connectivity index (χ2v) is 6.43. The van der Waals surface area contributed by atoms with Crippen LogP contribution in [0.4, 0.5) is 11.5 Å². The molecular weight excluding hydrogens is 328 g/mol. The van der Waals surface area contributed by atoms with E-state index in [1.807, 2.05) is 36.1 Å². The molecule has 138 valence electrons. The molecule has 1 unspecified atom stereocenters. The summed E-state index contributed by atoms with van der Waals surface area (Å²) in [5.74, 6) is 1.43. The average molecular weight is 354 g/mol. The standard InChI is InChI=1S/C20H26N4O2/c1-3-16-7-5-6-12-24(16)20(25)18-13-19(22-14-21-18)23-15-8-10-17(11-9-15)26-4-2/h8-11,13-14,16H,3-7,12H2,1-2H3,(H,21,22,23). The highest BCUT2D eigenvalue weighted by Crippen LogP contribution is 2.23. The van der Waals surface area contributed by atoms with Gasteiger partial charge in [0.25, 0.3) is 5.91 Å². The van der Waals surface area contributed by atoms with Crippen LogP contribution < -0.4 is 10.1 Å². The topological polar surface area (TPSA) is 67.3 Å². The Morgan fingerprint density at radius 1 is 1.23 bits per heavy atom. The first-order chi connectivity index (χ1) is 12.7. The van der Waals surface area contributed by atoms with E-state index in [0.717, 1.165) is 37.2 Å². The summed E-state index contributed by atoms with van der Waals surface area (Å²) in [7, 11) is 0. The molecule has 2 aromatic rings. The van der Waals surface area contributed by atoms with Crippen molar-refractivity contribution in [3.63, 3.8) is 0 Å². The molecule has 0 aliphatic carbocycles. The van der Waals surface area contributed by atoms with E-state index in [1.165, 1.54) is 12.7 Å². The summed E-state index contributed by atoms with van der Waals surface area (Å²) in [6, 6.07) is 9.68. The molecule has 6 heteroatoms. The molecule has 1 saturated heterocycles. The number of rotatable bonds is 6. The number of anilines is 2. The number of amides is 1. The maximum atomic E-state index is 12.9. The van der Waals surface area contributed by atoms with E-state index in [-0.39, 0.29) is 5.91 Å². The number of piperidine rings is 1. The summed E-state index contributed by atoms with van der Waals surface area (Å²) < 4.78 is 5.45. The van der Waals surface area contributed by atoms with Crippen molar-refractivity contribution in [2.75, 3.05) is 18.5 Å². The number of carbonyl (C=O) groups excluding carboxylic acids is 1. The monoisotopic (exact) mass is 354 g/mol. The van der Waals surface area contributed by atoms with Gasteiger partial charge in [-0.2, -0.15) is 0 Å². The molecule has 0 spiro atoms. The van der Waals surface area contributed by atoms with Gasteiger partial charge in [-0.15, -0.1) is 0 Å². The van der Waals surface area contributed by atoms with Crippen LogP contribution in [0.3, 0.4) is 0 Å². The van der Waals surface area contributed by atoms with E-state index in [0.29, 0.717) is 24.2 Å². The molecule has 1 aliphatic heterocycles. The molecule has 1 aliphatic rings. The fourth-order valence-corrected chi connectivity index (χ4v) is 3.33. The van der Waals surface area contributed by atoms with Crippen molar-refractivity contribution in [1.29, 1.82) is 0 Å². The van der Waals surface area contributed by atoms with Crippen molar-refractivity contribution in [3.05, 3.63) is 42.4 Å². The van der Waals surface area contributed by atoms with Gasteiger partial charge in [0, 0.05) is 24.3 Å². The lowest BCUT2D eigenvalue weighted by Crippen LogP contribution is -2.43. The summed E-state index contributed by atoms with van der Waals surface area (Å²) in [5.41, 5.74) is 1.32. The van der Waals surface area contributed by atoms with Crippen LogP contribution in [-0.4, -0.2) is 40.0 Å². The summed E-state index contributed by atoms with van der Waals surface area (Å²) in [5, 5.41) is 3.22. The Kier molecular flexibility index (Phi) is 6.04. The summed E-state index contributed by atoms with van der Waals surface area (Å²) in [4.78, 5) is 23.3. The van der Waals surface area contributed by atoms with Crippen LogP contribution in [0.2, 0.25) is 0 Å². The normalized spacial score (nSPS) is 17.0. The van der Waals surface area contributed by atoms with Gasteiger partial charge in [-0.05, 0) is 56.9 Å². The van der Waals surface area contributed by atoms with E-state index in [2.05, 4.69) is 22.2 Å². The maximum Gasteiger partial charge on any atom is 0.272 e. The number of benzene rings is 1. The van der Waals surface area contributed by atoms with Crippen molar-refractivity contribution in [3.8, 4) is 5.75 Å². The number of nitrogens with zero attached hydrogens (tertiary/aromatic N) is 3. The first-order valence-electron chi connectivity index (χ1n) is 9.34. The van der Waals surface area contributed by atoms with Gasteiger partial charge in [0.1, 0.15) is 23.6 Å². The lowest BCUT2D eigenvalue weighted by Gasteiger charge is -2.35. The molecule has 26 heavy (non-hydrogen) atoms. The molecule has 1 aromatic carbocycles. The zero-order chi connectivity index (χ0) is 18.4. The Balaban J connectivity index is 1.72. The second-order valence-electron chi connectivity index (χ2n) is 6.43. The molecule has 1 atom stereocenters. The number of hydrogen-bond donors (Lipinski definition) is 1. The van der Waals surface area contributed by atoms with Crippen molar-refractivity contribution < 1.29 is 9.53 Å². The van der Waals surface area contributed by atoms with Gasteiger partial charge in [-0.3, -0.25) is 4.79 Å². The van der Waals surface area contributed by atoms with Crippen molar-refractivity contribution in [2.45, 2.75) is 45.6 Å². The van der Waals surface area contributed by atoms with E-state index in [1.54, 1.807) is 6.07 Å². The van der Waals surface area contributed by atoms with E-state index < -0.39 is 0 Å². The van der Waals surface area contributed by atoms with E-state index in [9.17, 15) is 4.79 Å². The van der Waals surface area contributed by atoms with Crippen LogP contribution in [0, 0.1) is 0 Å². The van der Waals surface area contributed by atoms with Gasteiger partial charge in [0.15, 0.2) is 0 Å². The smallest absolute Gasteiger partial charge is 0.272 e. The minimum atomic E-state index is -0.00584. The molecule has 0 radical (unpaired) electrons. The van der Waals surface area contributed by atoms with Gasteiger partial charge < -0.3 is 15.0 Å². The highest BCUT2D eigenvalue weighted by atomic mass is 16.5. The first-order valence-corrected chi connectivity index (χ1v) is 9.34. The second kappa shape index (κ2) is 8.65. The van der Waals surface area contributed by atoms with Crippen LogP contribution in [0.25, 0.3) is 0 Å². The number of likely N-dealkylation sites (tertiary alicyclic amines) is 1. The lowest BCUT2D eigenvalue weighted by molar-refractivity contribution is 0.0602. The molecule has 1 aromatic heterocycles. The molecule has 2 heterocycles. The minimum Gasteiger partial charge on any atom is -0.494 e. The molecule has 1 amide bonds. The third kappa shape index (κ3) is 4.31. The zero-order valence-electron chi connectivity index (χ0n) is 15.4. The fraction of sp³-hybridized carbons (Fsp3) is 0.450. The fourth-order valence-electron chi connectivity index (χ4n) is 3.33. The Bertz CT molecular complexity index is 733. The number of ether oxygens (including phenoxy) is 1. The van der Waals surface area contributed by atoms with Crippen LogP contribution in [0.15, 0.2) is 36.7 Å². The molecule has 0 bridgehead atoms. The van der Waals surface area contributed by atoms with Crippen LogP contribution in [0.5, 0.6) is 5.75 Å². The largest absolute Gasteiger partial charge is 0.494 e. The lowest BCUT2D eigenvalue weighted by atomic mass is 9.99. The zero-order valence-corrected chi connectivity index (χ0v) is 15.4. The summed E-state index contributed by atoms with van der Waals surface area (Å²) >= 11 is 0. The molecule has 1 N–H and O–H groups in total. The third-order valence-electron chi connectivity index (χ3n) is 4.68. The highest BCUT2D eigenvalue weighted by molar-refractivity contribution is 5.93. The Hall–Kier alpha value is -2.63. The SMILES string of the molecule is CCOc1ccc(Nc2cc(C(=O)N3CCCCC3CC)ncn2)cc1. The number of nitrogens with one attached hydrogen (secondary N) is 1. The third-order valence-corrected chi connectivity index (χ3v) is 4.68. The average Bonchev–Trinajstić information content (AvgIpc) is 2.69. The maximum absolute atomic E-state index is 12.9. The highest BCUT2D eigenvalue weighted by Gasteiger charge is 2.27. The van der Waals surface area contributed by atoms with E-state index >= 15 is 0 Å². The predicted octanol–water partition coefficient (Wildman–Crippen LogP) is 4.02. The van der Waals surface area contributed by atoms with Crippen molar-refractivity contribution in [1.82, 2.24) is 14.9 Å². The molecular formula is C20H26N4O2. The number of hydrogen-bond acceptors (Lipinski definition) is 5. The van der Waals surface area contributed by atoms with Gasteiger partial charge in [-0.25, -0.2) is 9.97 Å². The van der Waals surface area contributed by atoms with Crippen LogP contribution in [-0.2, 0) is 0 Å². The van der Waals surface area contributed by atoms with Gasteiger partial charge in [0.05, 0.1) is 6.61 Å². The molecule has 3 rings (SSSR count). The quantitative estimate of drug-likeness (QED) is 0.848. The summed E-state index contributed by atoms with van der Waals surface area (Å²) in [6.45, 7) is 5.54. The minimum absolute atomic E-state index is 0.00584. The molecule has 0 saturated carbocycles. The van der Waals surface area contributed by atoms with E-state index in [4.69, 9.17) is 4.74 Å². The summed E-state index contributed by atoms with van der Waals surface area (Å²) in [6.07, 6.45) is 5.75. The molecule has 6 nitrogen and oxygen atoms in total. The van der Waals surface area contributed by atoms with Gasteiger partial charge >= 0.3 is 0 Å².